The van der Waals surface area contributed by atoms with Gasteiger partial charge in [0.15, 0.2) is 5.60 Å². The predicted octanol–water partition coefficient (Wildman–Crippen LogP) is 1.64. The van der Waals surface area contributed by atoms with E-state index in [4.69, 9.17) is 14.5 Å². The average Bonchev–Trinajstić information content (AvgIpc) is 2.77. The van der Waals surface area contributed by atoms with Crippen LogP contribution in [0.25, 0.3) is 0 Å². The van der Waals surface area contributed by atoms with Crippen LogP contribution in [0.3, 0.4) is 0 Å². The van der Waals surface area contributed by atoms with Crippen LogP contribution in [0.15, 0.2) is 0 Å². The smallest absolute Gasteiger partial charge is 0.312 e. The molecule has 5 rings (SSSR count). The molecule has 0 unspecified atom stereocenters. The van der Waals surface area contributed by atoms with E-state index >= 15 is 0 Å². The molecule has 0 amide bonds. The van der Waals surface area contributed by atoms with Crippen LogP contribution in [0, 0.1) is 23.7 Å². The Bertz CT molecular complexity index is 490. The lowest BCUT2D eigenvalue weighted by Crippen LogP contribution is -2.51. The van der Waals surface area contributed by atoms with Gasteiger partial charge in [0.05, 0.1) is 5.92 Å². The minimum absolute atomic E-state index is 0.0198. The summed E-state index contributed by atoms with van der Waals surface area (Å²) >= 11 is 0. The molecule has 2 bridgehead atoms. The first-order chi connectivity index (χ1) is 9.39. The zero-order valence-corrected chi connectivity index (χ0v) is 12.0. The Morgan fingerprint density at radius 2 is 1.90 bits per heavy atom. The Labute approximate surface area is 117 Å². The van der Waals surface area contributed by atoms with Gasteiger partial charge < -0.3 is 4.74 Å². The Kier molecular flexibility index (Phi) is 2.32. The quantitative estimate of drug-likeness (QED) is 0.498. The molecule has 3 saturated heterocycles. The number of Topliss-reactive ketones (excluding diaryl/α,β-unsaturated/α-hetero) is 1. The van der Waals surface area contributed by atoms with Gasteiger partial charge in [0.2, 0.25) is 0 Å². The molecule has 0 radical (unpaired) electrons. The van der Waals surface area contributed by atoms with Gasteiger partial charge in [-0.3, -0.25) is 9.59 Å². The number of carbonyl (C=O) groups excluding carboxylic acids is 2. The maximum Gasteiger partial charge on any atom is 0.312 e. The van der Waals surface area contributed by atoms with Crippen LogP contribution >= 0.6 is 0 Å². The summed E-state index contributed by atoms with van der Waals surface area (Å²) in [5, 5.41) is 0. The van der Waals surface area contributed by atoms with E-state index in [0.29, 0.717) is 6.42 Å². The van der Waals surface area contributed by atoms with E-state index in [1.165, 1.54) is 0 Å². The van der Waals surface area contributed by atoms with Gasteiger partial charge in [-0.25, -0.2) is 9.78 Å². The number of hydrogen-bond donors (Lipinski definition) is 0. The molecule has 1 spiro atoms. The summed E-state index contributed by atoms with van der Waals surface area (Å²) in [6, 6.07) is 0. The summed E-state index contributed by atoms with van der Waals surface area (Å²) in [6.45, 7) is 5.82. The van der Waals surface area contributed by atoms with Gasteiger partial charge in [0, 0.05) is 24.2 Å². The highest BCUT2D eigenvalue weighted by Gasteiger charge is 2.71. The summed E-state index contributed by atoms with van der Waals surface area (Å²) in [6.07, 6.45) is 1.73. The Morgan fingerprint density at radius 1 is 1.15 bits per heavy atom. The fourth-order valence-corrected chi connectivity index (χ4v) is 4.80. The molecule has 5 nitrogen and oxygen atoms in total. The Morgan fingerprint density at radius 3 is 2.55 bits per heavy atom. The van der Waals surface area contributed by atoms with E-state index < -0.39 is 11.2 Å². The summed E-state index contributed by atoms with van der Waals surface area (Å²) in [4.78, 5) is 35.7. The number of rotatable bonds is 0. The number of ether oxygens (including phenoxy) is 1. The van der Waals surface area contributed by atoms with Crippen molar-refractivity contribution in [3.8, 4) is 0 Å². The molecule has 2 saturated carbocycles. The summed E-state index contributed by atoms with van der Waals surface area (Å²) < 4.78 is 5.66. The van der Waals surface area contributed by atoms with Crippen LogP contribution in [0.1, 0.15) is 40.0 Å². The molecule has 0 aromatic rings. The monoisotopic (exact) mass is 280 g/mol. The molecule has 20 heavy (non-hydrogen) atoms. The number of hydrogen-bond acceptors (Lipinski definition) is 5. The second-order valence-corrected chi connectivity index (χ2v) is 7.16. The zero-order valence-electron chi connectivity index (χ0n) is 12.0. The van der Waals surface area contributed by atoms with Gasteiger partial charge in [-0.15, -0.1) is 0 Å². The van der Waals surface area contributed by atoms with E-state index in [0.717, 1.165) is 12.8 Å². The van der Waals surface area contributed by atoms with Gasteiger partial charge in [0.25, 0.3) is 0 Å². The lowest BCUT2D eigenvalue weighted by molar-refractivity contribution is -0.442. The average molecular weight is 280 g/mol. The number of esters is 1. The van der Waals surface area contributed by atoms with E-state index in [1.54, 1.807) is 0 Å². The van der Waals surface area contributed by atoms with Crippen molar-refractivity contribution in [2.75, 3.05) is 0 Å². The standard InChI is InChI=1S/C15H20O5/c1-7-10(16)6-9-11(7)12-15(8(2)13(17)18-12)5-4-14(9,3)19-20-15/h7-9,11-12H,4-6H2,1-3H3/t7-,8-,9-,11+,12+,14-,15-/m0/s1. The summed E-state index contributed by atoms with van der Waals surface area (Å²) in [5.41, 5.74) is -1.14. The first kappa shape index (κ1) is 12.8. The fourth-order valence-electron chi connectivity index (χ4n) is 4.80. The molecule has 3 heterocycles. The first-order valence-electron chi connectivity index (χ1n) is 7.49. The van der Waals surface area contributed by atoms with Crippen molar-refractivity contribution in [3.63, 3.8) is 0 Å². The molecular weight excluding hydrogens is 260 g/mol. The van der Waals surface area contributed by atoms with Gasteiger partial charge >= 0.3 is 5.97 Å². The largest absolute Gasteiger partial charge is 0.459 e. The highest BCUT2D eigenvalue weighted by molar-refractivity contribution is 5.84. The molecule has 110 valence electrons. The number of fused-ring (bicyclic) bond motifs is 2. The normalized spacial score (nSPS) is 57.2. The van der Waals surface area contributed by atoms with Crippen molar-refractivity contribution in [1.82, 2.24) is 0 Å². The third-order valence-corrected chi connectivity index (χ3v) is 6.32. The SMILES string of the molecule is C[C@H]1C(=O)C[C@H]2[C@@H]1[C@H]1OC(=O)[C@H](C)[C@@]13CC[C@]2(C)OO3. The number of carbonyl (C=O) groups is 2. The van der Waals surface area contributed by atoms with Crippen LogP contribution in [0.2, 0.25) is 0 Å². The van der Waals surface area contributed by atoms with Crippen molar-refractivity contribution in [2.45, 2.75) is 57.3 Å². The second-order valence-electron chi connectivity index (χ2n) is 7.16. The predicted molar refractivity (Wildman–Crippen MR) is 67.4 cm³/mol. The zero-order chi connectivity index (χ0) is 14.3. The minimum atomic E-state index is -0.700. The van der Waals surface area contributed by atoms with Crippen molar-refractivity contribution < 1.29 is 24.1 Å². The van der Waals surface area contributed by atoms with Crippen LogP contribution in [-0.2, 0) is 24.1 Å². The van der Waals surface area contributed by atoms with Crippen LogP contribution < -0.4 is 0 Å². The van der Waals surface area contributed by atoms with E-state index in [1.807, 2.05) is 20.8 Å². The van der Waals surface area contributed by atoms with Gasteiger partial charge in [-0.2, -0.15) is 0 Å². The van der Waals surface area contributed by atoms with Gasteiger partial charge in [0.1, 0.15) is 17.5 Å². The molecule has 0 aromatic carbocycles. The first-order valence-corrected chi connectivity index (χ1v) is 7.49. The van der Waals surface area contributed by atoms with Gasteiger partial charge in [-0.05, 0) is 26.7 Å². The highest BCUT2D eigenvalue weighted by atomic mass is 17.2. The lowest BCUT2D eigenvalue weighted by atomic mass is 9.74. The Balaban J connectivity index is 1.86. The minimum Gasteiger partial charge on any atom is -0.459 e. The summed E-state index contributed by atoms with van der Waals surface area (Å²) in [7, 11) is 0. The molecule has 0 N–H and O–H groups in total. The molecule has 7 atom stereocenters. The third kappa shape index (κ3) is 1.26. The molecule has 0 aromatic heterocycles. The fraction of sp³-hybridized carbons (Fsp3) is 0.867. The third-order valence-electron chi connectivity index (χ3n) is 6.32. The number of ketones is 1. The van der Waals surface area contributed by atoms with Crippen molar-refractivity contribution in [1.29, 1.82) is 0 Å². The van der Waals surface area contributed by atoms with Gasteiger partial charge in [-0.1, -0.05) is 6.92 Å². The highest BCUT2D eigenvalue weighted by Crippen LogP contribution is 2.60. The second kappa shape index (κ2) is 3.63. The van der Waals surface area contributed by atoms with Crippen molar-refractivity contribution in [2.24, 2.45) is 23.7 Å². The molecule has 5 fully saturated rings. The van der Waals surface area contributed by atoms with Crippen LogP contribution in [0.5, 0.6) is 0 Å². The molecule has 3 aliphatic heterocycles. The molecule has 2 aliphatic carbocycles. The topological polar surface area (TPSA) is 61.8 Å². The molecule has 5 aliphatic rings. The van der Waals surface area contributed by atoms with Crippen LogP contribution in [-0.4, -0.2) is 29.1 Å². The Hall–Kier alpha value is -0.940. The van der Waals surface area contributed by atoms with E-state index in [2.05, 4.69) is 0 Å². The lowest BCUT2D eigenvalue weighted by Gasteiger charge is -2.41. The molecule has 5 heteroatoms. The molecular formula is C15H20O5. The maximum atomic E-state index is 12.2. The van der Waals surface area contributed by atoms with E-state index in [9.17, 15) is 9.59 Å². The van der Waals surface area contributed by atoms with E-state index in [-0.39, 0.29) is 41.5 Å². The van der Waals surface area contributed by atoms with Crippen molar-refractivity contribution >= 4 is 11.8 Å². The summed E-state index contributed by atoms with van der Waals surface area (Å²) in [5.74, 6) is -0.301. The van der Waals surface area contributed by atoms with Crippen molar-refractivity contribution in [3.05, 3.63) is 0 Å². The van der Waals surface area contributed by atoms with Crippen LogP contribution in [0.4, 0.5) is 0 Å². The maximum absolute atomic E-state index is 12.2.